The summed E-state index contributed by atoms with van der Waals surface area (Å²) in [6, 6.07) is 12.4. The number of halogens is 1. The number of alkyl halides is 1. The van der Waals surface area contributed by atoms with Crippen LogP contribution < -0.4 is 5.69 Å². The number of imidazole rings is 1. The molecule has 2 aromatic carbocycles. The third kappa shape index (κ3) is 1.73. The maximum absolute atomic E-state index is 13.9. The number of hydrogen-bond donors (Lipinski definition) is 1. The molecule has 1 aliphatic heterocycles. The Kier molecular flexibility index (Phi) is 2.78. The minimum absolute atomic E-state index is 0.0310. The van der Waals surface area contributed by atoms with Crippen LogP contribution in [0.1, 0.15) is 23.8 Å². The van der Waals surface area contributed by atoms with Crippen LogP contribution in [-0.4, -0.2) is 14.2 Å². The van der Waals surface area contributed by atoms with Crippen molar-refractivity contribution >= 4 is 10.8 Å². The summed E-state index contributed by atoms with van der Waals surface area (Å²) < 4.78 is 16.3. The molecule has 1 aromatic heterocycles. The van der Waals surface area contributed by atoms with Crippen LogP contribution in [0.25, 0.3) is 16.5 Å². The van der Waals surface area contributed by atoms with Crippen molar-refractivity contribution in [2.75, 3.05) is 0 Å². The van der Waals surface area contributed by atoms with Gasteiger partial charge in [0.15, 0.2) is 0 Å². The maximum Gasteiger partial charge on any atom is 0.336 e. The van der Waals surface area contributed by atoms with Gasteiger partial charge in [0.2, 0.25) is 5.88 Å². The molecule has 0 spiro atoms. The van der Waals surface area contributed by atoms with E-state index in [1.54, 1.807) is 36.4 Å². The molecule has 0 unspecified atom stereocenters. The van der Waals surface area contributed by atoms with Crippen LogP contribution in [0.4, 0.5) is 4.39 Å². The quantitative estimate of drug-likeness (QED) is 0.751. The first-order valence-electron chi connectivity index (χ1n) is 7.24. The van der Waals surface area contributed by atoms with Crippen LogP contribution in [0.2, 0.25) is 0 Å². The highest BCUT2D eigenvalue weighted by molar-refractivity contribution is 5.94. The summed E-state index contributed by atoms with van der Waals surface area (Å²) >= 11 is 0. The number of fused-ring (bicyclic) bond motifs is 2. The Morgan fingerprint density at radius 3 is 2.65 bits per heavy atom. The molecule has 23 heavy (non-hydrogen) atoms. The largest absolute Gasteiger partial charge is 0.493 e. The summed E-state index contributed by atoms with van der Waals surface area (Å²) in [4.78, 5) is 12.6. The van der Waals surface area contributed by atoms with Gasteiger partial charge in [0.05, 0.1) is 17.3 Å². The zero-order valence-electron chi connectivity index (χ0n) is 12.0. The molecule has 114 valence electrons. The van der Waals surface area contributed by atoms with E-state index in [0.29, 0.717) is 22.0 Å². The second-order valence-electron chi connectivity index (χ2n) is 5.52. The Morgan fingerprint density at radius 2 is 1.96 bits per heavy atom. The highest BCUT2D eigenvalue weighted by Gasteiger charge is 2.32. The smallest absolute Gasteiger partial charge is 0.336 e. The number of aromatic hydroxyl groups is 1. The lowest BCUT2D eigenvalue weighted by Crippen LogP contribution is -2.22. The van der Waals surface area contributed by atoms with Crippen LogP contribution in [0.15, 0.2) is 41.2 Å². The summed E-state index contributed by atoms with van der Waals surface area (Å²) in [6.07, 6.45) is -1.14. The first-order chi connectivity index (χ1) is 11.1. The van der Waals surface area contributed by atoms with Crippen LogP contribution in [0.5, 0.6) is 5.88 Å². The Balaban J connectivity index is 2.09. The number of nitriles is 1. The molecule has 0 radical (unpaired) electrons. The molecule has 2 heterocycles. The molecular formula is C17H12FN3O2. The first-order valence-corrected chi connectivity index (χ1v) is 7.24. The highest BCUT2D eigenvalue weighted by Crippen LogP contribution is 2.37. The van der Waals surface area contributed by atoms with Gasteiger partial charge < -0.3 is 5.11 Å². The minimum Gasteiger partial charge on any atom is -0.493 e. The van der Waals surface area contributed by atoms with E-state index in [1.165, 1.54) is 4.57 Å². The van der Waals surface area contributed by atoms with E-state index in [9.17, 15) is 19.6 Å². The number of rotatable bonds is 1. The Morgan fingerprint density at radius 1 is 1.22 bits per heavy atom. The van der Waals surface area contributed by atoms with E-state index in [1.807, 2.05) is 0 Å². The van der Waals surface area contributed by atoms with E-state index in [0.717, 1.165) is 4.57 Å². The van der Waals surface area contributed by atoms with Crippen molar-refractivity contribution in [2.24, 2.45) is 0 Å². The molecule has 0 aliphatic carbocycles. The van der Waals surface area contributed by atoms with Gasteiger partial charge in [0, 0.05) is 23.7 Å². The predicted molar refractivity (Wildman–Crippen MR) is 82.4 cm³/mol. The zero-order valence-corrected chi connectivity index (χ0v) is 12.0. The van der Waals surface area contributed by atoms with Crippen LogP contribution in [-0.2, 0) is 6.54 Å². The molecule has 0 amide bonds. The standard InChI is InChI=1S/C17H12FN3O2/c18-13-7-8-20-15(13)16(22)21(17(20)23)14-6-5-10(9-19)11-3-1-2-4-12(11)14/h1-6,13,22H,7-8H2/t13-/m1/s1. The highest BCUT2D eigenvalue weighted by atomic mass is 19.1. The lowest BCUT2D eigenvalue weighted by atomic mass is 10.0. The van der Waals surface area contributed by atoms with Crippen molar-refractivity contribution in [1.29, 1.82) is 5.26 Å². The molecule has 1 atom stereocenters. The lowest BCUT2D eigenvalue weighted by Gasteiger charge is -2.10. The average molecular weight is 309 g/mol. The molecule has 1 aliphatic rings. The van der Waals surface area contributed by atoms with Crippen molar-refractivity contribution in [3.63, 3.8) is 0 Å². The molecule has 0 saturated heterocycles. The number of aromatic nitrogens is 2. The van der Waals surface area contributed by atoms with E-state index in [-0.39, 0.29) is 24.5 Å². The topological polar surface area (TPSA) is 71.0 Å². The molecular weight excluding hydrogens is 297 g/mol. The summed E-state index contributed by atoms with van der Waals surface area (Å²) in [6.45, 7) is 0.254. The fraction of sp³-hybridized carbons (Fsp3) is 0.176. The van der Waals surface area contributed by atoms with Crippen LogP contribution >= 0.6 is 0 Å². The summed E-state index contributed by atoms with van der Waals surface area (Å²) in [5, 5.41) is 20.9. The lowest BCUT2D eigenvalue weighted by molar-refractivity contribution is 0.326. The molecule has 5 nitrogen and oxygen atoms in total. The van der Waals surface area contributed by atoms with Crippen molar-refractivity contribution in [2.45, 2.75) is 19.1 Å². The van der Waals surface area contributed by atoms with Crippen molar-refractivity contribution in [3.05, 3.63) is 58.1 Å². The van der Waals surface area contributed by atoms with Crippen molar-refractivity contribution < 1.29 is 9.50 Å². The van der Waals surface area contributed by atoms with E-state index in [4.69, 9.17) is 0 Å². The van der Waals surface area contributed by atoms with E-state index >= 15 is 0 Å². The van der Waals surface area contributed by atoms with Gasteiger partial charge >= 0.3 is 5.69 Å². The van der Waals surface area contributed by atoms with Gasteiger partial charge in [-0.2, -0.15) is 5.26 Å². The predicted octanol–water partition coefficient (Wildman–Crippen LogP) is 2.78. The molecule has 0 bridgehead atoms. The third-order valence-corrected chi connectivity index (χ3v) is 4.32. The van der Waals surface area contributed by atoms with Gasteiger partial charge in [-0.15, -0.1) is 0 Å². The number of nitrogens with zero attached hydrogens (tertiary/aromatic N) is 3. The van der Waals surface area contributed by atoms with E-state index < -0.39 is 11.9 Å². The monoisotopic (exact) mass is 309 g/mol. The van der Waals surface area contributed by atoms with Crippen molar-refractivity contribution in [3.8, 4) is 17.6 Å². The van der Waals surface area contributed by atoms with Crippen LogP contribution in [0.3, 0.4) is 0 Å². The first kappa shape index (κ1) is 13.6. The number of hydrogen-bond acceptors (Lipinski definition) is 3. The van der Waals surface area contributed by atoms with E-state index in [2.05, 4.69) is 6.07 Å². The van der Waals surface area contributed by atoms with Gasteiger partial charge in [0.25, 0.3) is 0 Å². The number of benzene rings is 2. The third-order valence-electron chi connectivity index (χ3n) is 4.32. The molecule has 0 saturated carbocycles. The zero-order chi connectivity index (χ0) is 16.1. The SMILES string of the molecule is N#Cc1ccc(-n2c(O)c3n(c2=O)CC[C@H]3F)c2ccccc12. The van der Waals surface area contributed by atoms with Gasteiger partial charge in [-0.3, -0.25) is 4.57 Å². The van der Waals surface area contributed by atoms with Gasteiger partial charge in [-0.1, -0.05) is 24.3 Å². The maximum atomic E-state index is 13.9. The normalized spacial score (nSPS) is 16.4. The summed E-state index contributed by atoms with van der Waals surface area (Å²) in [5.74, 6) is -0.366. The molecule has 6 heteroatoms. The fourth-order valence-corrected chi connectivity index (χ4v) is 3.25. The summed E-state index contributed by atoms with van der Waals surface area (Å²) in [5.41, 5.74) is 0.485. The van der Waals surface area contributed by atoms with Crippen molar-refractivity contribution in [1.82, 2.24) is 9.13 Å². The minimum atomic E-state index is -1.34. The van der Waals surface area contributed by atoms with Gasteiger partial charge in [-0.05, 0) is 12.1 Å². The fourth-order valence-electron chi connectivity index (χ4n) is 3.25. The summed E-state index contributed by atoms with van der Waals surface area (Å²) in [7, 11) is 0. The molecule has 3 aromatic rings. The molecule has 1 N–H and O–H groups in total. The Bertz CT molecular complexity index is 1040. The second-order valence-corrected chi connectivity index (χ2v) is 5.52. The van der Waals surface area contributed by atoms with Crippen LogP contribution in [0, 0.1) is 11.3 Å². The molecule has 0 fully saturated rings. The average Bonchev–Trinajstić information content (AvgIpc) is 3.07. The Labute approximate surface area is 130 Å². The Hall–Kier alpha value is -3.07. The second kappa shape index (κ2) is 4.71. The molecule has 4 rings (SSSR count). The van der Waals surface area contributed by atoms with Gasteiger partial charge in [-0.25, -0.2) is 13.8 Å². The van der Waals surface area contributed by atoms with Gasteiger partial charge in [0.1, 0.15) is 11.9 Å².